The van der Waals surface area contributed by atoms with E-state index in [4.69, 9.17) is 0 Å². The minimum absolute atomic E-state index is 0.00415. The fraction of sp³-hybridized carbons (Fsp3) is 0.423. The van der Waals surface area contributed by atoms with E-state index >= 15 is 0 Å². The average molecular weight is 524 g/mol. The van der Waals surface area contributed by atoms with E-state index in [1.54, 1.807) is 18.2 Å². The highest BCUT2D eigenvalue weighted by Crippen LogP contribution is 2.36. The van der Waals surface area contributed by atoms with Gasteiger partial charge in [-0.1, -0.05) is 30.3 Å². The summed E-state index contributed by atoms with van der Waals surface area (Å²) in [6.07, 6.45) is -2.44. The van der Waals surface area contributed by atoms with Crippen LogP contribution in [0.2, 0.25) is 0 Å². The third-order valence-electron chi connectivity index (χ3n) is 6.61. The molecule has 2 unspecified atom stereocenters. The molecule has 0 saturated carbocycles. The highest BCUT2D eigenvalue weighted by molar-refractivity contribution is 6.02. The standard InChI is InChI=1S/C26H25F5N2O4/c27-25(28,29)14-37-21-4-2-1-3-20(21)26(30,31)24(36)33-13-15-5-7-19-17(9-15)11-18(23(19)35)10-16-6-8-22(34)32-12-16/h1-5,7,9,16,18H,6,8,10-14H2,(H,32,34)(H,33,36). The number of amides is 2. The summed E-state index contributed by atoms with van der Waals surface area (Å²) in [6.45, 7) is -1.50. The Kier molecular flexibility index (Phi) is 7.52. The molecule has 1 heterocycles. The van der Waals surface area contributed by atoms with Crippen LogP contribution in [0.5, 0.6) is 5.75 Å². The number of carbonyl (C=O) groups is 3. The Morgan fingerprint density at radius 1 is 1.08 bits per heavy atom. The molecule has 2 aromatic rings. The molecule has 2 N–H and O–H groups in total. The largest absolute Gasteiger partial charge is 0.484 e. The zero-order valence-corrected chi connectivity index (χ0v) is 19.7. The van der Waals surface area contributed by atoms with E-state index in [0.717, 1.165) is 24.1 Å². The molecule has 1 aliphatic carbocycles. The van der Waals surface area contributed by atoms with Gasteiger partial charge in [0.15, 0.2) is 12.4 Å². The predicted octanol–water partition coefficient (Wildman–Crippen LogP) is 4.31. The Hall–Kier alpha value is -3.50. The van der Waals surface area contributed by atoms with Crippen molar-refractivity contribution in [3.8, 4) is 5.75 Å². The van der Waals surface area contributed by atoms with Gasteiger partial charge in [0, 0.05) is 31.0 Å². The van der Waals surface area contributed by atoms with E-state index in [9.17, 15) is 36.3 Å². The number of benzene rings is 2. The van der Waals surface area contributed by atoms with Crippen molar-refractivity contribution in [3.05, 3.63) is 64.7 Å². The summed E-state index contributed by atoms with van der Waals surface area (Å²) >= 11 is 0. The van der Waals surface area contributed by atoms with E-state index in [-0.39, 0.29) is 30.1 Å². The topological polar surface area (TPSA) is 84.5 Å². The number of rotatable bonds is 8. The first-order valence-electron chi connectivity index (χ1n) is 11.8. The number of carbonyl (C=O) groups excluding carboxylic acids is 3. The number of alkyl halides is 5. The van der Waals surface area contributed by atoms with Crippen LogP contribution in [-0.4, -0.2) is 36.9 Å². The molecule has 6 nitrogen and oxygen atoms in total. The molecule has 2 aliphatic rings. The molecular formula is C26H25F5N2O4. The normalized spacial score (nSPS) is 19.8. The van der Waals surface area contributed by atoms with Crippen molar-refractivity contribution in [1.29, 1.82) is 0 Å². The van der Waals surface area contributed by atoms with Crippen LogP contribution >= 0.6 is 0 Å². The van der Waals surface area contributed by atoms with Crippen LogP contribution < -0.4 is 15.4 Å². The summed E-state index contributed by atoms with van der Waals surface area (Å²) in [5.41, 5.74) is 0.848. The van der Waals surface area contributed by atoms with E-state index in [0.29, 0.717) is 36.9 Å². The van der Waals surface area contributed by atoms with Crippen LogP contribution in [0.4, 0.5) is 22.0 Å². The first kappa shape index (κ1) is 26.6. The molecule has 2 amide bonds. The zero-order valence-electron chi connectivity index (χ0n) is 19.7. The number of Topliss-reactive ketones (excluding diaryl/α,β-unsaturated/α-hetero) is 1. The third kappa shape index (κ3) is 6.26. The summed E-state index contributed by atoms with van der Waals surface area (Å²) in [5.74, 6) is -6.57. The van der Waals surface area contributed by atoms with Gasteiger partial charge in [-0.2, -0.15) is 22.0 Å². The maximum Gasteiger partial charge on any atom is 0.422 e. The molecule has 198 valence electrons. The van der Waals surface area contributed by atoms with Crippen LogP contribution in [0.1, 0.15) is 46.3 Å². The Bertz CT molecular complexity index is 1190. The lowest BCUT2D eigenvalue weighted by Gasteiger charge is -2.24. The van der Waals surface area contributed by atoms with Crippen LogP contribution in [0.3, 0.4) is 0 Å². The smallest absolute Gasteiger partial charge is 0.422 e. The van der Waals surface area contributed by atoms with Gasteiger partial charge in [-0.05, 0) is 48.4 Å². The van der Waals surface area contributed by atoms with Crippen LogP contribution in [0, 0.1) is 11.8 Å². The molecule has 1 fully saturated rings. The van der Waals surface area contributed by atoms with Gasteiger partial charge < -0.3 is 15.4 Å². The summed E-state index contributed by atoms with van der Waals surface area (Å²) < 4.78 is 71.7. The molecule has 0 spiro atoms. The van der Waals surface area contributed by atoms with Gasteiger partial charge in [0.25, 0.3) is 5.91 Å². The Morgan fingerprint density at radius 2 is 1.84 bits per heavy atom. The van der Waals surface area contributed by atoms with Gasteiger partial charge >= 0.3 is 12.1 Å². The summed E-state index contributed by atoms with van der Waals surface area (Å²) in [7, 11) is 0. The van der Waals surface area contributed by atoms with Crippen molar-refractivity contribution >= 4 is 17.6 Å². The van der Waals surface area contributed by atoms with E-state index in [2.05, 4.69) is 15.4 Å². The SMILES string of the molecule is O=C1CCC(CC2Cc3cc(CNC(=O)C(F)(F)c4ccccc4OCC(F)(F)F)ccc3C2=O)CN1. The second-order valence-corrected chi connectivity index (χ2v) is 9.36. The van der Waals surface area contributed by atoms with Crippen molar-refractivity contribution < 1.29 is 41.1 Å². The summed E-state index contributed by atoms with van der Waals surface area (Å²) in [5, 5.41) is 4.94. The summed E-state index contributed by atoms with van der Waals surface area (Å²) in [6, 6.07) is 9.05. The first-order valence-corrected chi connectivity index (χ1v) is 11.8. The van der Waals surface area contributed by atoms with Crippen molar-refractivity contribution in [1.82, 2.24) is 10.6 Å². The van der Waals surface area contributed by atoms with Crippen LogP contribution in [0.25, 0.3) is 0 Å². The molecule has 4 rings (SSSR count). The highest BCUT2D eigenvalue weighted by atomic mass is 19.4. The van der Waals surface area contributed by atoms with Gasteiger partial charge in [0.1, 0.15) is 5.75 Å². The quantitative estimate of drug-likeness (QED) is 0.505. The molecule has 0 radical (unpaired) electrons. The van der Waals surface area contributed by atoms with Gasteiger partial charge in [0.05, 0.1) is 5.56 Å². The molecule has 1 aliphatic heterocycles. The number of halogens is 5. The Labute approximate surface area is 209 Å². The maximum absolute atomic E-state index is 14.9. The second-order valence-electron chi connectivity index (χ2n) is 9.36. The van der Waals surface area contributed by atoms with Crippen molar-refractivity contribution in [3.63, 3.8) is 0 Å². The van der Waals surface area contributed by atoms with Gasteiger partial charge in [0.2, 0.25) is 5.91 Å². The lowest BCUT2D eigenvalue weighted by atomic mass is 9.87. The number of ether oxygens (including phenoxy) is 1. The zero-order chi connectivity index (χ0) is 26.8. The number of nitrogens with one attached hydrogen (secondary N) is 2. The van der Waals surface area contributed by atoms with E-state index in [1.807, 2.05) is 0 Å². The predicted molar refractivity (Wildman–Crippen MR) is 122 cm³/mol. The van der Waals surface area contributed by atoms with Gasteiger partial charge in [-0.15, -0.1) is 0 Å². The molecule has 11 heteroatoms. The summed E-state index contributed by atoms with van der Waals surface area (Å²) in [4.78, 5) is 36.5. The first-order chi connectivity index (χ1) is 17.4. The number of hydrogen-bond donors (Lipinski definition) is 2. The number of fused-ring (bicyclic) bond motifs is 1. The fourth-order valence-electron chi connectivity index (χ4n) is 4.75. The maximum atomic E-state index is 14.9. The van der Waals surface area contributed by atoms with E-state index < -0.39 is 35.9 Å². The minimum Gasteiger partial charge on any atom is -0.484 e. The second kappa shape index (κ2) is 10.5. The molecular weight excluding hydrogens is 499 g/mol. The number of ketones is 1. The molecule has 2 atom stereocenters. The molecule has 37 heavy (non-hydrogen) atoms. The third-order valence-corrected chi connectivity index (χ3v) is 6.61. The van der Waals surface area contributed by atoms with Crippen LogP contribution in [0.15, 0.2) is 42.5 Å². The van der Waals surface area contributed by atoms with Crippen molar-refractivity contribution in [2.45, 2.75) is 44.3 Å². The fourth-order valence-corrected chi connectivity index (χ4v) is 4.75. The lowest BCUT2D eigenvalue weighted by Crippen LogP contribution is -2.38. The number of piperidine rings is 1. The Morgan fingerprint density at radius 3 is 2.54 bits per heavy atom. The van der Waals surface area contributed by atoms with Crippen molar-refractivity contribution in [2.75, 3.05) is 13.2 Å². The molecule has 2 aromatic carbocycles. The lowest BCUT2D eigenvalue weighted by molar-refractivity contribution is -0.155. The van der Waals surface area contributed by atoms with Crippen molar-refractivity contribution in [2.24, 2.45) is 11.8 Å². The molecule has 0 bridgehead atoms. The van der Waals surface area contributed by atoms with E-state index in [1.165, 1.54) is 12.1 Å². The number of hydrogen-bond acceptors (Lipinski definition) is 4. The van der Waals surface area contributed by atoms with Gasteiger partial charge in [-0.3, -0.25) is 14.4 Å². The molecule has 1 saturated heterocycles. The minimum atomic E-state index is -4.73. The monoisotopic (exact) mass is 524 g/mol. The average Bonchev–Trinajstić information content (AvgIpc) is 3.16. The van der Waals surface area contributed by atoms with Crippen LogP contribution in [-0.2, 0) is 28.5 Å². The molecule has 0 aromatic heterocycles. The number of para-hydroxylation sites is 1. The Balaban J connectivity index is 1.38. The highest BCUT2D eigenvalue weighted by Gasteiger charge is 2.44. The van der Waals surface area contributed by atoms with Gasteiger partial charge in [-0.25, -0.2) is 0 Å².